The highest BCUT2D eigenvalue weighted by Crippen LogP contribution is 2.21. The van der Waals surface area contributed by atoms with Crippen LogP contribution in [-0.2, 0) is 6.42 Å². The molecule has 2 rings (SSSR count). The third-order valence-electron chi connectivity index (χ3n) is 2.51. The summed E-state index contributed by atoms with van der Waals surface area (Å²) in [6, 6.07) is 11.0. The molecule has 1 aliphatic rings. The molecule has 0 saturated carbocycles. The molecule has 1 heterocycles. The van der Waals surface area contributed by atoms with Gasteiger partial charge in [-0.05, 0) is 32.8 Å². The number of nitrogens with zero attached hydrogens (tertiary/aromatic N) is 1. The van der Waals surface area contributed by atoms with Crippen LogP contribution in [0.1, 0.15) is 26.3 Å². The van der Waals surface area contributed by atoms with Crippen LogP contribution >= 0.6 is 11.8 Å². The van der Waals surface area contributed by atoms with Crippen LogP contribution in [0.2, 0.25) is 0 Å². The van der Waals surface area contributed by atoms with E-state index >= 15 is 0 Å². The van der Waals surface area contributed by atoms with E-state index in [4.69, 9.17) is 4.99 Å². The first-order chi connectivity index (χ1) is 8.03. The van der Waals surface area contributed by atoms with E-state index in [2.05, 4.69) is 56.4 Å². The number of amidine groups is 1. The summed E-state index contributed by atoms with van der Waals surface area (Å²) in [5.41, 5.74) is 1.48. The number of hydrogen-bond acceptors (Lipinski definition) is 3. The Morgan fingerprint density at radius 2 is 2.00 bits per heavy atom. The van der Waals surface area contributed by atoms with Gasteiger partial charge in [-0.15, -0.1) is 0 Å². The minimum atomic E-state index is 0.105. The van der Waals surface area contributed by atoms with Gasteiger partial charge in [-0.1, -0.05) is 42.1 Å². The van der Waals surface area contributed by atoms with Crippen molar-refractivity contribution in [2.75, 3.05) is 5.75 Å². The molecule has 1 aliphatic heterocycles. The maximum Gasteiger partial charge on any atom is 0.157 e. The number of thioether (sulfide) groups is 1. The molecule has 0 spiro atoms. The van der Waals surface area contributed by atoms with Gasteiger partial charge in [0.1, 0.15) is 0 Å². The van der Waals surface area contributed by atoms with E-state index in [-0.39, 0.29) is 5.54 Å². The van der Waals surface area contributed by atoms with E-state index in [9.17, 15) is 0 Å². The lowest BCUT2D eigenvalue weighted by Gasteiger charge is -2.20. The van der Waals surface area contributed by atoms with Crippen molar-refractivity contribution >= 4 is 16.9 Å². The van der Waals surface area contributed by atoms with Crippen molar-refractivity contribution in [1.29, 1.82) is 0 Å². The molecule has 1 aromatic carbocycles. The molecule has 0 amide bonds. The van der Waals surface area contributed by atoms with Gasteiger partial charge in [-0.3, -0.25) is 4.99 Å². The van der Waals surface area contributed by atoms with Crippen LogP contribution in [0.25, 0.3) is 0 Å². The third-order valence-corrected chi connectivity index (χ3v) is 3.54. The summed E-state index contributed by atoms with van der Waals surface area (Å²) in [6.07, 6.45) is 1.04. The van der Waals surface area contributed by atoms with E-state index in [1.165, 1.54) is 5.56 Å². The van der Waals surface area contributed by atoms with Crippen LogP contribution in [-0.4, -0.2) is 22.5 Å². The molecule has 1 unspecified atom stereocenters. The van der Waals surface area contributed by atoms with Crippen molar-refractivity contribution < 1.29 is 0 Å². The van der Waals surface area contributed by atoms with Gasteiger partial charge < -0.3 is 5.32 Å². The minimum Gasteiger partial charge on any atom is -0.360 e. The zero-order valence-electron chi connectivity index (χ0n) is 10.7. The van der Waals surface area contributed by atoms with Crippen LogP contribution < -0.4 is 5.32 Å². The standard InChI is InChI=1S/C14H20N2S/c1-14(2,3)16-13-15-12(10-17-13)9-11-7-5-4-6-8-11/h4-8,12H,9-10H2,1-3H3,(H,15,16). The molecule has 0 fully saturated rings. The molecule has 1 N–H and O–H groups in total. The number of aliphatic imine (C=N–C) groups is 1. The molecule has 2 nitrogen and oxygen atoms in total. The number of hydrogen-bond donors (Lipinski definition) is 1. The average molecular weight is 248 g/mol. The molecule has 0 aromatic heterocycles. The van der Waals surface area contributed by atoms with Crippen molar-refractivity contribution in [3.8, 4) is 0 Å². The molecule has 92 valence electrons. The summed E-state index contributed by atoms with van der Waals surface area (Å²) in [5, 5.41) is 4.54. The minimum absolute atomic E-state index is 0.105. The summed E-state index contributed by atoms with van der Waals surface area (Å²) in [7, 11) is 0. The van der Waals surface area contributed by atoms with Gasteiger partial charge in [0.25, 0.3) is 0 Å². The normalized spacial score (nSPS) is 20.2. The fraction of sp³-hybridized carbons (Fsp3) is 0.500. The summed E-state index contributed by atoms with van der Waals surface area (Å²) in [5.74, 6) is 1.09. The molecule has 17 heavy (non-hydrogen) atoms. The smallest absolute Gasteiger partial charge is 0.157 e. The monoisotopic (exact) mass is 248 g/mol. The highest BCUT2D eigenvalue weighted by Gasteiger charge is 2.21. The van der Waals surface area contributed by atoms with Gasteiger partial charge in [0.15, 0.2) is 5.17 Å². The van der Waals surface area contributed by atoms with Crippen LogP contribution in [0.5, 0.6) is 0 Å². The van der Waals surface area contributed by atoms with E-state index in [0.29, 0.717) is 6.04 Å². The number of benzene rings is 1. The lowest BCUT2D eigenvalue weighted by atomic mass is 10.1. The fourth-order valence-corrected chi connectivity index (χ4v) is 2.94. The van der Waals surface area contributed by atoms with Crippen LogP contribution in [0, 0.1) is 0 Å². The molecule has 1 aromatic rings. The maximum atomic E-state index is 4.74. The second-order valence-corrected chi connectivity index (χ2v) is 6.47. The Balaban J connectivity index is 1.93. The Morgan fingerprint density at radius 3 is 2.65 bits per heavy atom. The zero-order valence-corrected chi connectivity index (χ0v) is 11.6. The first-order valence-electron chi connectivity index (χ1n) is 6.06. The van der Waals surface area contributed by atoms with Crippen molar-refractivity contribution in [2.45, 2.75) is 38.8 Å². The Labute approximate surface area is 108 Å². The van der Waals surface area contributed by atoms with Gasteiger partial charge >= 0.3 is 0 Å². The SMILES string of the molecule is CC(C)(C)NC1=NC(Cc2ccccc2)CS1. The second kappa shape index (κ2) is 5.13. The van der Waals surface area contributed by atoms with Crippen molar-refractivity contribution in [3.63, 3.8) is 0 Å². The lowest BCUT2D eigenvalue weighted by Crippen LogP contribution is -2.38. The van der Waals surface area contributed by atoms with E-state index in [1.54, 1.807) is 0 Å². The molecule has 0 saturated heterocycles. The fourth-order valence-electron chi connectivity index (χ4n) is 1.80. The average Bonchev–Trinajstić information content (AvgIpc) is 2.64. The van der Waals surface area contributed by atoms with E-state index < -0.39 is 0 Å². The van der Waals surface area contributed by atoms with Gasteiger partial charge in [0.2, 0.25) is 0 Å². The number of nitrogens with one attached hydrogen (secondary N) is 1. The lowest BCUT2D eigenvalue weighted by molar-refractivity contribution is 0.514. The third kappa shape index (κ3) is 4.08. The Bertz CT molecular complexity index is 392. The first kappa shape index (κ1) is 12.5. The van der Waals surface area contributed by atoms with E-state index in [0.717, 1.165) is 17.3 Å². The summed E-state index contributed by atoms with van der Waals surface area (Å²) >= 11 is 1.84. The Morgan fingerprint density at radius 1 is 1.29 bits per heavy atom. The molecule has 3 heteroatoms. The number of rotatable bonds is 2. The molecule has 1 atom stereocenters. The summed E-state index contributed by atoms with van der Waals surface area (Å²) in [6.45, 7) is 6.50. The summed E-state index contributed by atoms with van der Waals surface area (Å²) < 4.78 is 0. The molecular weight excluding hydrogens is 228 g/mol. The van der Waals surface area contributed by atoms with Gasteiger partial charge in [-0.2, -0.15) is 0 Å². The van der Waals surface area contributed by atoms with Crippen molar-refractivity contribution in [1.82, 2.24) is 5.32 Å². The van der Waals surface area contributed by atoms with Crippen molar-refractivity contribution in [3.05, 3.63) is 35.9 Å². The van der Waals surface area contributed by atoms with Crippen molar-refractivity contribution in [2.24, 2.45) is 4.99 Å². The molecular formula is C14H20N2S. The van der Waals surface area contributed by atoms with Gasteiger partial charge in [-0.25, -0.2) is 0 Å². The second-order valence-electron chi connectivity index (χ2n) is 5.46. The highest BCUT2D eigenvalue weighted by atomic mass is 32.2. The molecule has 0 aliphatic carbocycles. The predicted octanol–water partition coefficient (Wildman–Crippen LogP) is 3.09. The molecule has 0 radical (unpaired) electrons. The quantitative estimate of drug-likeness (QED) is 0.870. The first-order valence-corrected chi connectivity index (χ1v) is 7.04. The van der Waals surface area contributed by atoms with Crippen LogP contribution in [0.3, 0.4) is 0 Å². The largest absolute Gasteiger partial charge is 0.360 e. The summed E-state index contributed by atoms with van der Waals surface area (Å²) in [4.78, 5) is 4.74. The van der Waals surface area contributed by atoms with Gasteiger partial charge in [0, 0.05) is 11.3 Å². The van der Waals surface area contributed by atoms with Crippen LogP contribution in [0.4, 0.5) is 0 Å². The highest BCUT2D eigenvalue weighted by molar-refractivity contribution is 8.14. The maximum absolute atomic E-state index is 4.74. The Kier molecular flexibility index (Phi) is 3.77. The Hall–Kier alpha value is -0.960. The van der Waals surface area contributed by atoms with Gasteiger partial charge in [0.05, 0.1) is 6.04 Å². The predicted molar refractivity (Wildman–Crippen MR) is 76.7 cm³/mol. The van der Waals surface area contributed by atoms with E-state index in [1.807, 2.05) is 11.8 Å². The topological polar surface area (TPSA) is 24.4 Å². The molecule has 0 bridgehead atoms. The van der Waals surface area contributed by atoms with Crippen LogP contribution in [0.15, 0.2) is 35.3 Å². The zero-order chi connectivity index (χ0) is 12.3.